The Hall–Kier alpha value is -2.48. The number of hydrogen-bond acceptors (Lipinski definition) is 4. The first-order chi connectivity index (χ1) is 10.8. The van der Waals surface area contributed by atoms with Gasteiger partial charge in [0.05, 0.1) is 16.8 Å². The van der Waals surface area contributed by atoms with E-state index in [0.717, 1.165) is 0 Å². The molecule has 1 N–H and O–H groups in total. The molecule has 0 radical (unpaired) electrons. The number of rotatable bonds is 5. The highest BCUT2D eigenvalue weighted by Gasteiger charge is 2.34. The summed E-state index contributed by atoms with van der Waals surface area (Å²) >= 11 is 0. The van der Waals surface area contributed by atoms with E-state index in [2.05, 4.69) is 9.97 Å². The zero-order valence-corrected chi connectivity index (χ0v) is 12.2. The highest BCUT2D eigenvalue weighted by atomic mass is 19.4. The average molecular weight is 325 g/mol. The quantitative estimate of drug-likeness (QED) is 0.916. The molecule has 0 unspecified atom stereocenters. The predicted octanol–water partition coefficient (Wildman–Crippen LogP) is 2.83. The van der Waals surface area contributed by atoms with E-state index in [9.17, 15) is 18.0 Å². The molecule has 2 aromatic rings. The van der Waals surface area contributed by atoms with Crippen LogP contribution in [0.5, 0.6) is 0 Å². The van der Waals surface area contributed by atoms with Crippen molar-refractivity contribution in [3.63, 3.8) is 0 Å². The molecule has 5 nitrogen and oxygen atoms in total. The molecule has 0 atom stereocenters. The molecule has 122 valence electrons. The van der Waals surface area contributed by atoms with Gasteiger partial charge in [0.25, 0.3) is 0 Å². The molecule has 8 heteroatoms. The van der Waals surface area contributed by atoms with E-state index in [1.54, 1.807) is 11.9 Å². The van der Waals surface area contributed by atoms with Crippen LogP contribution in [0, 0.1) is 0 Å². The summed E-state index contributed by atoms with van der Waals surface area (Å²) < 4.78 is 39.4. The van der Waals surface area contributed by atoms with Gasteiger partial charge in [-0.3, -0.25) is 14.9 Å². The molecule has 0 bridgehead atoms. The third-order valence-electron chi connectivity index (χ3n) is 3.15. The minimum absolute atomic E-state index is 0.00527. The Balaban J connectivity index is 2.23. The standard InChI is InChI=1S/C15H14F3N3O2/c1-21(9-12-7-19-4-5-20-12)8-11-3-2-10(14(22)23)6-13(11)15(16,17)18/h2-7H,8-9H2,1H3,(H,22,23). The Morgan fingerprint density at radius 2 is 2.00 bits per heavy atom. The molecule has 0 aliphatic carbocycles. The normalized spacial score (nSPS) is 11.7. The van der Waals surface area contributed by atoms with E-state index >= 15 is 0 Å². The van der Waals surface area contributed by atoms with E-state index in [0.29, 0.717) is 18.3 Å². The van der Waals surface area contributed by atoms with Crippen molar-refractivity contribution in [3.05, 3.63) is 59.2 Å². The Bertz CT molecular complexity index is 690. The Kier molecular flexibility index (Phi) is 4.95. The van der Waals surface area contributed by atoms with Crippen molar-refractivity contribution in [3.8, 4) is 0 Å². The van der Waals surface area contributed by atoms with Crippen LogP contribution in [-0.2, 0) is 19.3 Å². The molecule has 1 aromatic carbocycles. The summed E-state index contributed by atoms with van der Waals surface area (Å²) in [4.78, 5) is 20.5. The van der Waals surface area contributed by atoms with Gasteiger partial charge in [0.2, 0.25) is 0 Å². The minimum atomic E-state index is -4.62. The van der Waals surface area contributed by atoms with E-state index in [1.165, 1.54) is 30.7 Å². The van der Waals surface area contributed by atoms with Crippen LogP contribution in [-0.4, -0.2) is 33.0 Å². The summed E-state index contributed by atoms with van der Waals surface area (Å²) in [6, 6.07) is 3.02. The lowest BCUT2D eigenvalue weighted by Crippen LogP contribution is -2.21. The second kappa shape index (κ2) is 6.74. The molecule has 0 saturated carbocycles. The number of carboxylic acid groups (broad SMARTS) is 1. The Labute approximate surface area is 130 Å². The van der Waals surface area contributed by atoms with E-state index in [1.807, 2.05) is 0 Å². The summed E-state index contributed by atoms with van der Waals surface area (Å²) in [5, 5.41) is 8.85. The van der Waals surface area contributed by atoms with Gasteiger partial charge in [-0.15, -0.1) is 0 Å². The SMILES string of the molecule is CN(Cc1cnccn1)Cc1ccc(C(=O)O)cc1C(F)(F)F. The highest BCUT2D eigenvalue weighted by Crippen LogP contribution is 2.33. The summed E-state index contributed by atoms with van der Waals surface area (Å²) in [6.07, 6.45) is -0.0647. The molecular formula is C15H14F3N3O2. The van der Waals surface area contributed by atoms with Crippen LogP contribution in [0.1, 0.15) is 27.2 Å². The number of benzene rings is 1. The van der Waals surface area contributed by atoms with Gasteiger partial charge in [0.1, 0.15) is 0 Å². The second-order valence-corrected chi connectivity index (χ2v) is 5.04. The maximum Gasteiger partial charge on any atom is 0.416 e. The molecule has 0 spiro atoms. The van der Waals surface area contributed by atoms with Gasteiger partial charge in [0.15, 0.2) is 0 Å². The van der Waals surface area contributed by atoms with Gasteiger partial charge >= 0.3 is 12.1 Å². The Morgan fingerprint density at radius 3 is 2.57 bits per heavy atom. The second-order valence-electron chi connectivity index (χ2n) is 5.04. The van der Waals surface area contributed by atoms with E-state index in [4.69, 9.17) is 5.11 Å². The van der Waals surface area contributed by atoms with E-state index < -0.39 is 23.3 Å². The zero-order valence-electron chi connectivity index (χ0n) is 12.2. The van der Waals surface area contributed by atoms with Crippen molar-refractivity contribution in [1.82, 2.24) is 14.9 Å². The lowest BCUT2D eigenvalue weighted by atomic mass is 10.0. The molecular weight excluding hydrogens is 311 g/mol. The van der Waals surface area contributed by atoms with Crippen LogP contribution >= 0.6 is 0 Å². The van der Waals surface area contributed by atoms with Crippen LogP contribution in [0.25, 0.3) is 0 Å². The lowest BCUT2D eigenvalue weighted by molar-refractivity contribution is -0.138. The topological polar surface area (TPSA) is 66.3 Å². The van der Waals surface area contributed by atoms with Crippen molar-refractivity contribution in [2.45, 2.75) is 19.3 Å². The molecule has 23 heavy (non-hydrogen) atoms. The fraction of sp³-hybridized carbons (Fsp3) is 0.267. The molecule has 1 aromatic heterocycles. The fourth-order valence-electron chi connectivity index (χ4n) is 2.15. The third kappa shape index (κ3) is 4.49. The zero-order chi connectivity index (χ0) is 17.0. The number of aromatic carboxylic acids is 1. The molecule has 0 aliphatic heterocycles. The van der Waals surface area contributed by atoms with Crippen molar-refractivity contribution in [2.24, 2.45) is 0 Å². The molecule has 0 saturated heterocycles. The highest BCUT2D eigenvalue weighted by molar-refractivity contribution is 5.88. The molecule has 0 fully saturated rings. The average Bonchev–Trinajstić information content (AvgIpc) is 2.47. The molecule has 0 aliphatic rings. The predicted molar refractivity (Wildman–Crippen MR) is 75.6 cm³/mol. The number of carbonyl (C=O) groups is 1. The largest absolute Gasteiger partial charge is 0.478 e. The fourth-order valence-corrected chi connectivity index (χ4v) is 2.15. The number of halogens is 3. The van der Waals surface area contributed by atoms with Gasteiger partial charge in [-0.1, -0.05) is 6.07 Å². The van der Waals surface area contributed by atoms with Crippen LogP contribution in [0.3, 0.4) is 0 Å². The smallest absolute Gasteiger partial charge is 0.416 e. The first-order valence-corrected chi connectivity index (χ1v) is 6.64. The van der Waals surface area contributed by atoms with Gasteiger partial charge < -0.3 is 5.11 Å². The van der Waals surface area contributed by atoms with Crippen LogP contribution in [0.15, 0.2) is 36.8 Å². The minimum Gasteiger partial charge on any atom is -0.478 e. The first-order valence-electron chi connectivity index (χ1n) is 6.64. The van der Waals surface area contributed by atoms with E-state index in [-0.39, 0.29) is 12.1 Å². The van der Waals surface area contributed by atoms with Gasteiger partial charge in [-0.25, -0.2) is 4.79 Å². The maximum atomic E-state index is 13.1. The summed E-state index contributed by atoms with van der Waals surface area (Å²) in [6.45, 7) is 0.330. The summed E-state index contributed by atoms with van der Waals surface area (Å²) in [5.74, 6) is -1.39. The Morgan fingerprint density at radius 1 is 1.26 bits per heavy atom. The lowest BCUT2D eigenvalue weighted by Gasteiger charge is -2.20. The number of aromatic nitrogens is 2. The molecule has 1 heterocycles. The summed E-state index contributed by atoms with van der Waals surface area (Å²) in [5.41, 5.74) is -0.694. The number of nitrogens with zero attached hydrogens (tertiary/aromatic N) is 3. The van der Waals surface area contributed by atoms with Gasteiger partial charge in [-0.2, -0.15) is 13.2 Å². The number of hydrogen-bond donors (Lipinski definition) is 1. The molecule has 0 amide bonds. The summed E-state index contributed by atoms with van der Waals surface area (Å²) in [7, 11) is 1.65. The van der Waals surface area contributed by atoms with Crippen LogP contribution < -0.4 is 0 Å². The number of alkyl halides is 3. The van der Waals surface area contributed by atoms with Crippen molar-refractivity contribution >= 4 is 5.97 Å². The van der Waals surface area contributed by atoms with Crippen molar-refractivity contribution in [1.29, 1.82) is 0 Å². The first kappa shape index (κ1) is 16.9. The van der Waals surface area contributed by atoms with Crippen molar-refractivity contribution < 1.29 is 23.1 Å². The van der Waals surface area contributed by atoms with Crippen LogP contribution in [0.2, 0.25) is 0 Å². The molecule has 2 rings (SSSR count). The maximum absolute atomic E-state index is 13.1. The van der Waals surface area contributed by atoms with Crippen LogP contribution in [0.4, 0.5) is 13.2 Å². The van der Waals surface area contributed by atoms with Gasteiger partial charge in [-0.05, 0) is 24.7 Å². The van der Waals surface area contributed by atoms with Crippen molar-refractivity contribution in [2.75, 3.05) is 7.05 Å². The van der Waals surface area contributed by atoms with Gasteiger partial charge in [0, 0.05) is 31.7 Å². The monoisotopic (exact) mass is 325 g/mol. The number of carboxylic acids is 1. The third-order valence-corrected chi connectivity index (χ3v) is 3.15.